The molecule has 1 aliphatic rings. The summed E-state index contributed by atoms with van der Waals surface area (Å²) in [7, 11) is 0. The first kappa shape index (κ1) is 16.8. The van der Waals surface area contributed by atoms with E-state index in [1.807, 2.05) is 0 Å². The molecule has 0 bridgehead atoms. The van der Waals surface area contributed by atoms with E-state index < -0.39 is 41.7 Å². The van der Waals surface area contributed by atoms with Crippen molar-refractivity contribution < 1.29 is 23.6 Å². The molecule has 1 aromatic heterocycles. The highest BCUT2D eigenvalue weighted by Gasteiger charge is 2.43. The minimum Gasteiger partial charge on any atom is -0.302 e. The van der Waals surface area contributed by atoms with Gasteiger partial charge in [-0.25, -0.2) is 8.78 Å². The van der Waals surface area contributed by atoms with Crippen LogP contribution in [0.5, 0.6) is 0 Å². The highest BCUT2D eigenvalue weighted by molar-refractivity contribution is 7.16. The average Bonchev–Trinajstić information content (AvgIpc) is 2.99. The summed E-state index contributed by atoms with van der Waals surface area (Å²) < 4.78 is 28.2. The number of aryl methyl sites for hydroxylation is 1. The van der Waals surface area contributed by atoms with Crippen LogP contribution in [0.2, 0.25) is 4.34 Å². The lowest BCUT2D eigenvalue weighted by Gasteiger charge is -2.25. The fourth-order valence-electron chi connectivity index (χ4n) is 2.49. The molecule has 126 valence electrons. The Bertz CT molecular complexity index is 802. The van der Waals surface area contributed by atoms with Crippen molar-refractivity contribution in [2.75, 3.05) is 6.54 Å². The van der Waals surface area contributed by atoms with Crippen LogP contribution < -0.4 is 0 Å². The summed E-state index contributed by atoms with van der Waals surface area (Å²) in [6, 6.07) is 4.64. The standard InChI is InChI=1S/C15H11ClF2N2O3S/c1-7-5-10(24-13(7)16)14-19(6-11(21)20(14)23)15(22)12-8(17)3-2-4-9(12)18/h2-5,14,23H,6H2,1H3. The summed E-state index contributed by atoms with van der Waals surface area (Å²) >= 11 is 7.07. The van der Waals surface area contributed by atoms with E-state index in [0.717, 1.165) is 34.4 Å². The van der Waals surface area contributed by atoms with Crippen molar-refractivity contribution in [3.63, 3.8) is 0 Å². The predicted molar refractivity (Wildman–Crippen MR) is 82.8 cm³/mol. The molecule has 5 nitrogen and oxygen atoms in total. The van der Waals surface area contributed by atoms with Gasteiger partial charge in [-0.05, 0) is 30.7 Å². The Hall–Kier alpha value is -2.03. The van der Waals surface area contributed by atoms with Crippen LogP contribution in [0, 0.1) is 18.6 Å². The van der Waals surface area contributed by atoms with E-state index in [9.17, 15) is 23.6 Å². The van der Waals surface area contributed by atoms with E-state index in [0.29, 0.717) is 19.8 Å². The number of hydrogen-bond acceptors (Lipinski definition) is 4. The Labute approximate surface area is 144 Å². The first-order valence-corrected chi connectivity index (χ1v) is 8.02. The molecule has 1 N–H and O–H groups in total. The monoisotopic (exact) mass is 372 g/mol. The second-order valence-electron chi connectivity index (χ2n) is 5.25. The topological polar surface area (TPSA) is 60.9 Å². The minimum absolute atomic E-state index is 0.373. The Kier molecular flexibility index (Phi) is 4.29. The molecule has 0 aliphatic carbocycles. The number of rotatable bonds is 2. The maximum absolute atomic E-state index is 13.9. The first-order chi connectivity index (χ1) is 11.3. The largest absolute Gasteiger partial charge is 0.302 e. The number of carbonyl (C=O) groups excluding carboxylic acids is 2. The van der Waals surface area contributed by atoms with Gasteiger partial charge in [-0.2, -0.15) is 5.06 Å². The van der Waals surface area contributed by atoms with E-state index in [1.54, 1.807) is 13.0 Å². The second-order valence-corrected chi connectivity index (χ2v) is 6.93. The van der Waals surface area contributed by atoms with Crippen LogP contribution >= 0.6 is 22.9 Å². The number of hydroxylamine groups is 2. The van der Waals surface area contributed by atoms with Gasteiger partial charge >= 0.3 is 0 Å². The zero-order valence-corrected chi connectivity index (χ0v) is 13.9. The van der Waals surface area contributed by atoms with E-state index in [-0.39, 0.29) is 0 Å². The maximum atomic E-state index is 13.9. The molecule has 9 heteroatoms. The summed E-state index contributed by atoms with van der Waals surface area (Å²) in [5.41, 5.74) is -0.0705. The molecule has 0 radical (unpaired) electrons. The van der Waals surface area contributed by atoms with Crippen molar-refractivity contribution >= 4 is 34.8 Å². The van der Waals surface area contributed by atoms with Crippen LogP contribution in [-0.4, -0.2) is 33.5 Å². The van der Waals surface area contributed by atoms with Crippen LogP contribution in [0.1, 0.15) is 27.0 Å². The maximum Gasteiger partial charge on any atom is 0.268 e. The molecule has 2 heterocycles. The molecule has 1 aliphatic heterocycles. The van der Waals surface area contributed by atoms with Gasteiger partial charge in [0.15, 0.2) is 6.17 Å². The van der Waals surface area contributed by atoms with Crippen molar-refractivity contribution in [2.24, 2.45) is 0 Å². The molecule has 0 spiro atoms. The van der Waals surface area contributed by atoms with Crippen molar-refractivity contribution in [1.82, 2.24) is 9.96 Å². The van der Waals surface area contributed by atoms with Crippen molar-refractivity contribution in [2.45, 2.75) is 13.1 Å². The number of halogens is 3. The number of amides is 2. The van der Waals surface area contributed by atoms with Gasteiger partial charge in [0.05, 0.1) is 9.21 Å². The summed E-state index contributed by atoms with van der Waals surface area (Å²) in [6.07, 6.45) is -1.18. The lowest BCUT2D eigenvalue weighted by molar-refractivity contribution is -0.168. The summed E-state index contributed by atoms with van der Waals surface area (Å²) in [6.45, 7) is 1.23. The summed E-state index contributed by atoms with van der Waals surface area (Å²) in [4.78, 5) is 25.7. The van der Waals surface area contributed by atoms with Crippen molar-refractivity contribution in [1.29, 1.82) is 0 Å². The molecule has 2 aromatic rings. The molecule has 1 saturated heterocycles. The smallest absolute Gasteiger partial charge is 0.268 e. The number of benzene rings is 1. The first-order valence-electron chi connectivity index (χ1n) is 6.83. The molecular formula is C15H11ClF2N2O3S. The molecule has 1 fully saturated rings. The lowest BCUT2D eigenvalue weighted by atomic mass is 10.1. The normalized spacial score (nSPS) is 17.7. The van der Waals surface area contributed by atoms with E-state index in [4.69, 9.17) is 11.6 Å². The molecule has 1 aromatic carbocycles. The van der Waals surface area contributed by atoms with Gasteiger partial charge in [0, 0.05) is 0 Å². The van der Waals surface area contributed by atoms with Gasteiger partial charge in [0.25, 0.3) is 11.8 Å². The quantitative estimate of drug-likeness (QED) is 0.822. The molecule has 1 unspecified atom stereocenters. The zero-order chi connectivity index (χ0) is 17.6. The number of hydrogen-bond donors (Lipinski definition) is 1. The molecule has 24 heavy (non-hydrogen) atoms. The number of nitrogens with zero attached hydrogens (tertiary/aromatic N) is 2. The lowest BCUT2D eigenvalue weighted by Crippen LogP contribution is -2.34. The molecule has 3 rings (SSSR count). The van der Waals surface area contributed by atoms with Crippen molar-refractivity contribution in [3.8, 4) is 0 Å². The Morgan fingerprint density at radius 3 is 2.54 bits per heavy atom. The molecule has 2 amide bonds. The Balaban J connectivity index is 2.04. The third kappa shape index (κ3) is 2.66. The van der Waals surface area contributed by atoms with Crippen LogP contribution in [0.3, 0.4) is 0 Å². The van der Waals surface area contributed by atoms with E-state index in [1.165, 1.54) is 0 Å². The fourth-order valence-corrected chi connectivity index (χ4v) is 3.80. The van der Waals surface area contributed by atoms with Gasteiger partial charge in [-0.15, -0.1) is 11.3 Å². The molecule has 1 atom stereocenters. The van der Waals surface area contributed by atoms with E-state index in [2.05, 4.69) is 0 Å². The molecular weight excluding hydrogens is 362 g/mol. The fraction of sp³-hybridized carbons (Fsp3) is 0.200. The van der Waals surface area contributed by atoms with Crippen molar-refractivity contribution in [3.05, 3.63) is 56.2 Å². The summed E-state index contributed by atoms with van der Waals surface area (Å²) in [5, 5.41) is 10.4. The number of thiophene rings is 1. The third-order valence-corrected chi connectivity index (χ3v) is 5.25. The summed E-state index contributed by atoms with van der Waals surface area (Å²) in [5.74, 6) is -3.86. The van der Waals surface area contributed by atoms with Gasteiger partial charge < -0.3 is 4.90 Å². The SMILES string of the molecule is Cc1cc(C2N(O)C(=O)CN2C(=O)c2c(F)cccc2F)sc1Cl. The number of carbonyl (C=O) groups is 2. The highest BCUT2D eigenvalue weighted by atomic mass is 35.5. The van der Waals surface area contributed by atoms with Gasteiger partial charge in [0.2, 0.25) is 0 Å². The van der Waals surface area contributed by atoms with Crippen LogP contribution in [-0.2, 0) is 4.79 Å². The average molecular weight is 373 g/mol. The molecule has 0 saturated carbocycles. The van der Waals surface area contributed by atoms with Crippen LogP contribution in [0.4, 0.5) is 8.78 Å². The van der Waals surface area contributed by atoms with Gasteiger partial charge in [0.1, 0.15) is 23.7 Å². The highest BCUT2D eigenvalue weighted by Crippen LogP contribution is 2.38. The van der Waals surface area contributed by atoms with Crippen LogP contribution in [0.15, 0.2) is 24.3 Å². The Morgan fingerprint density at radius 2 is 2.00 bits per heavy atom. The van der Waals surface area contributed by atoms with E-state index >= 15 is 0 Å². The second kappa shape index (κ2) is 6.12. The van der Waals surface area contributed by atoms with Gasteiger partial charge in [-0.1, -0.05) is 17.7 Å². The predicted octanol–water partition coefficient (Wildman–Crippen LogP) is 3.36. The minimum atomic E-state index is -1.18. The van der Waals surface area contributed by atoms with Gasteiger partial charge in [-0.3, -0.25) is 14.8 Å². The Morgan fingerprint density at radius 1 is 1.38 bits per heavy atom. The third-order valence-electron chi connectivity index (χ3n) is 3.66. The van der Waals surface area contributed by atoms with Crippen LogP contribution in [0.25, 0.3) is 0 Å². The zero-order valence-electron chi connectivity index (χ0n) is 12.3.